The van der Waals surface area contributed by atoms with Crippen molar-refractivity contribution in [1.29, 1.82) is 0 Å². The van der Waals surface area contributed by atoms with E-state index < -0.39 is 10.9 Å². The van der Waals surface area contributed by atoms with Crippen LogP contribution in [0.15, 0.2) is 54.6 Å². The maximum atomic E-state index is 11.8. The molecule has 0 radical (unpaired) electrons. The van der Waals surface area contributed by atoms with E-state index in [9.17, 15) is 19.7 Å². The summed E-state index contributed by atoms with van der Waals surface area (Å²) in [6.07, 6.45) is 0.102. The fourth-order valence-electron chi connectivity index (χ4n) is 1.98. The highest BCUT2D eigenvalue weighted by Crippen LogP contribution is 2.12. The number of hydrogen-bond acceptors (Lipinski definition) is 5. The number of esters is 1. The summed E-state index contributed by atoms with van der Waals surface area (Å²) in [6, 6.07) is 14.3. The molecule has 7 heteroatoms. The van der Waals surface area contributed by atoms with Crippen LogP contribution >= 0.6 is 0 Å². The number of nitro groups is 1. The standard InChI is InChI=1S/C17H16N2O5/c20-16(12-13-6-8-15(9-7-13)19(22)23)18-10-11-24-17(21)14-4-2-1-3-5-14/h1-9H,10-12H2,(H,18,20). The third kappa shape index (κ3) is 5.20. The summed E-state index contributed by atoms with van der Waals surface area (Å²) in [6.45, 7) is 0.268. The van der Waals surface area contributed by atoms with Crippen molar-refractivity contribution in [2.75, 3.05) is 13.2 Å². The fraction of sp³-hybridized carbons (Fsp3) is 0.176. The van der Waals surface area contributed by atoms with Gasteiger partial charge in [-0.2, -0.15) is 0 Å². The van der Waals surface area contributed by atoms with Gasteiger partial charge in [0.05, 0.1) is 23.5 Å². The number of carbonyl (C=O) groups excluding carboxylic acids is 2. The third-order valence-electron chi connectivity index (χ3n) is 3.18. The van der Waals surface area contributed by atoms with Crippen LogP contribution in [0.5, 0.6) is 0 Å². The third-order valence-corrected chi connectivity index (χ3v) is 3.18. The second-order valence-electron chi connectivity index (χ2n) is 4.95. The molecule has 0 saturated heterocycles. The summed E-state index contributed by atoms with van der Waals surface area (Å²) in [4.78, 5) is 33.5. The Bertz CT molecular complexity index is 714. The number of rotatable bonds is 7. The van der Waals surface area contributed by atoms with Crippen LogP contribution in [0.3, 0.4) is 0 Å². The summed E-state index contributed by atoms with van der Waals surface area (Å²) in [5.41, 5.74) is 1.10. The lowest BCUT2D eigenvalue weighted by molar-refractivity contribution is -0.384. The van der Waals surface area contributed by atoms with Crippen LogP contribution in [0.4, 0.5) is 5.69 Å². The number of ether oxygens (including phenoxy) is 1. The lowest BCUT2D eigenvalue weighted by Gasteiger charge is -2.07. The quantitative estimate of drug-likeness (QED) is 0.363. The van der Waals surface area contributed by atoms with E-state index >= 15 is 0 Å². The Morgan fingerprint density at radius 2 is 1.71 bits per heavy atom. The lowest BCUT2D eigenvalue weighted by Crippen LogP contribution is -2.29. The molecule has 0 heterocycles. The van der Waals surface area contributed by atoms with Crippen LogP contribution in [0, 0.1) is 10.1 Å². The fourth-order valence-corrected chi connectivity index (χ4v) is 1.98. The zero-order chi connectivity index (χ0) is 17.4. The van der Waals surface area contributed by atoms with Gasteiger partial charge in [0.15, 0.2) is 0 Å². The van der Waals surface area contributed by atoms with Crippen LogP contribution < -0.4 is 5.32 Å². The molecule has 0 aliphatic carbocycles. The van der Waals surface area contributed by atoms with Crippen molar-refractivity contribution in [2.24, 2.45) is 0 Å². The summed E-state index contributed by atoms with van der Waals surface area (Å²) in [5, 5.41) is 13.2. The number of nitrogens with zero attached hydrogens (tertiary/aromatic N) is 1. The van der Waals surface area contributed by atoms with Gasteiger partial charge in [-0.3, -0.25) is 14.9 Å². The van der Waals surface area contributed by atoms with E-state index in [4.69, 9.17) is 4.74 Å². The minimum Gasteiger partial charge on any atom is -0.460 e. The van der Waals surface area contributed by atoms with Gasteiger partial charge in [-0.1, -0.05) is 30.3 Å². The molecule has 0 aliphatic rings. The van der Waals surface area contributed by atoms with Crippen LogP contribution in [-0.2, 0) is 16.0 Å². The molecule has 2 rings (SSSR count). The summed E-state index contributed by atoms with van der Waals surface area (Å²) in [7, 11) is 0. The Hall–Kier alpha value is -3.22. The Morgan fingerprint density at radius 3 is 2.33 bits per heavy atom. The van der Waals surface area contributed by atoms with Gasteiger partial charge in [-0.05, 0) is 17.7 Å². The number of carbonyl (C=O) groups is 2. The molecule has 0 fully saturated rings. The van der Waals surface area contributed by atoms with Crippen LogP contribution in [0.1, 0.15) is 15.9 Å². The van der Waals surface area contributed by atoms with E-state index in [1.807, 2.05) is 0 Å². The van der Waals surface area contributed by atoms with E-state index in [-0.39, 0.29) is 31.2 Å². The van der Waals surface area contributed by atoms with Gasteiger partial charge in [0, 0.05) is 12.1 Å². The predicted molar refractivity (Wildman–Crippen MR) is 86.5 cm³/mol. The average Bonchev–Trinajstić information content (AvgIpc) is 2.59. The molecule has 24 heavy (non-hydrogen) atoms. The average molecular weight is 328 g/mol. The summed E-state index contributed by atoms with van der Waals surface area (Å²) in [5.74, 6) is -0.695. The smallest absolute Gasteiger partial charge is 0.338 e. The maximum absolute atomic E-state index is 11.8. The van der Waals surface area contributed by atoms with E-state index in [1.165, 1.54) is 24.3 Å². The van der Waals surface area contributed by atoms with Crippen LogP contribution in [0.25, 0.3) is 0 Å². The molecular weight excluding hydrogens is 312 g/mol. The lowest BCUT2D eigenvalue weighted by atomic mass is 10.1. The number of benzene rings is 2. The van der Waals surface area contributed by atoms with Gasteiger partial charge in [-0.25, -0.2) is 4.79 Å². The van der Waals surface area contributed by atoms with E-state index in [2.05, 4.69) is 5.32 Å². The first-order valence-electron chi connectivity index (χ1n) is 7.28. The molecule has 0 aromatic heterocycles. The first kappa shape index (κ1) is 17.1. The zero-order valence-corrected chi connectivity index (χ0v) is 12.8. The van der Waals surface area contributed by atoms with Crippen molar-refractivity contribution >= 4 is 17.6 Å². The molecule has 0 aliphatic heterocycles. The molecular formula is C17H16N2O5. The van der Waals surface area contributed by atoms with Gasteiger partial charge in [0.1, 0.15) is 6.61 Å². The monoisotopic (exact) mass is 328 g/mol. The molecule has 0 spiro atoms. The molecule has 7 nitrogen and oxygen atoms in total. The highest BCUT2D eigenvalue weighted by Gasteiger charge is 2.08. The largest absolute Gasteiger partial charge is 0.460 e. The van der Waals surface area contributed by atoms with Crippen molar-refractivity contribution in [2.45, 2.75) is 6.42 Å². The van der Waals surface area contributed by atoms with Gasteiger partial charge in [-0.15, -0.1) is 0 Å². The minimum atomic E-state index is -0.495. The van der Waals surface area contributed by atoms with Crippen LogP contribution in [0.2, 0.25) is 0 Å². The molecule has 1 N–H and O–H groups in total. The molecule has 0 saturated carbocycles. The number of amides is 1. The minimum absolute atomic E-state index is 0.0213. The van der Waals surface area contributed by atoms with Gasteiger partial charge >= 0.3 is 5.97 Å². The van der Waals surface area contributed by atoms with Gasteiger partial charge in [0.2, 0.25) is 5.91 Å². The maximum Gasteiger partial charge on any atom is 0.338 e. The zero-order valence-electron chi connectivity index (χ0n) is 12.8. The second kappa shape index (κ2) is 8.42. The first-order chi connectivity index (χ1) is 11.6. The second-order valence-corrected chi connectivity index (χ2v) is 4.95. The molecule has 0 bridgehead atoms. The molecule has 124 valence electrons. The Labute approximate surface area is 138 Å². The number of hydrogen-bond donors (Lipinski definition) is 1. The molecule has 2 aromatic rings. The highest BCUT2D eigenvalue weighted by molar-refractivity contribution is 5.89. The predicted octanol–water partition coefficient (Wildman–Crippen LogP) is 2.11. The van der Waals surface area contributed by atoms with Gasteiger partial charge in [0.25, 0.3) is 5.69 Å². The summed E-state index contributed by atoms with van der Waals surface area (Å²) >= 11 is 0. The topological polar surface area (TPSA) is 98.5 Å². The molecule has 0 atom stereocenters. The van der Waals surface area contributed by atoms with E-state index in [0.717, 1.165) is 0 Å². The van der Waals surface area contributed by atoms with E-state index in [0.29, 0.717) is 11.1 Å². The van der Waals surface area contributed by atoms with Crippen molar-refractivity contribution in [3.63, 3.8) is 0 Å². The Balaban J connectivity index is 1.70. The molecule has 0 unspecified atom stereocenters. The van der Waals surface area contributed by atoms with Crippen molar-refractivity contribution < 1.29 is 19.2 Å². The SMILES string of the molecule is O=C(Cc1ccc([N+](=O)[O-])cc1)NCCOC(=O)c1ccccc1. The Kier molecular flexibility index (Phi) is 6.01. The molecule has 1 amide bonds. The van der Waals surface area contributed by atoms with Crippen molar-refractivity contribution in [3.05, 3.63) is 75.8 Å². The Morgan fingerprint density at radius 1 is 1.04 bits per heavy atom. The summed E-state index contributed by atoms with van der Waals surface area (Å²) < 4.78 is 5.04. The number of nitrogens with one attached hydrogen (secondary N) is 1. The normalized spacial score (nSPS) is 10.0. The number of non-ortho nitro benzene ring substituents is 1. The van der Waals surface area contributed by atoms with Gasteiger partial charge < -0.3 is 10.1 Å². The van der Waals surface area contributed by atoms with Crippen molar-refractivity contribution in [3.8, 4) is 0 Å². The van der Waals surface area contributed by atoms with E-state index in [1.54, 1.807) is 30.3 Å². The first-order valence-corrected chi connectivity index (χ1v) is 7.28. The molecule has 2 aromatic carbocycles. The van der Waals surface area contributed by atoms with Crippen LogP contribution in [-0.4, -0.2) is 30.0 Å². The van der Waals surface area contributed by atoms with Crippen molar-refractivity contribution in [1.82, 2.24) is 5.32 Å². The highest BCUT2D eigenvalue weighted by atomic mass is 16.6. The number of nitro benzene ring substituents is 1.